The summed E-state index contributed by atoms with van der Waals surface area (Å²) in [6.07, 6.45) is 4.10. The van der Waals surface area contributed by atoms with Crippen LogP contribution in [0.2, 0.25) is 0 Å². The summed E-state index contributed by atoms with van der Waals surface area (Å²) in [4.78, 5) is 5.31. The number of fused-ring (bicyclic) bond motifs is 10. The van der Waals surface area contributed by atoms with Crippen molar-refractivity contribution in [2.75, 3.05) is 0 Å². The van der Waals surface area contributed by atoms with Crippen LogP contribution in [0.4, 0.5) is 0 Å². The molecule has 6 aromatic carbocycles. The van der Waals surface area contributed by atoms with Gasteiger partial charge >= 0.3 is 0 Å². The molecule has 9 rings (SSSR count). The van der Waals surface area contributed by atoms with E-state index < -0.39 is 0 Å². The largest absolute Gasteiger partial charge is 0.321 e. The van der Waals surface area contributed by atoms with E-state index in [2.05, 4.69) is 154 Å². The van der Waals surface area contributed by atoms with Gasteiger partial charge in [-0.05, 0) is 74.3 Å². The summed E-state index contributed by atoms with van der Waals surface area (Å²) >= 11 is 0. The molecule has 1 heterocycles. The highest BCUT2D eigenvalue weighted by Crippen LogP contribution is 2.53. The Morgan fingerprint density at radius 3 is 2.04 bits per heavy atom. The van der Waals surface area contributed by atoms with Crippen LogP contribution in [0.3, 0.4) is 0 Å². The first-order valence-electron chi connectivity index (χ1n) is 17.2. The maximum Gasteiger partial charge on any atom is 0.100 e. The van der Waals surface area contributed by atoms with Crippen LogP contribution in [0.25, 0.3) is 49.8 Å². The zero-order valence-electron chi connectivity index (χ0n) is 28.4. The van der Waals surface area contributed by atoms with Crippen molar-refractivity contribution < 1.29 is 0 Å². The van der Waals surface area contributed by atoms with Gasteiger partial charge in [0.15, 0.2) is 0 Å². The molecular weight excluding hydrogens is 595 g/mol. The zero-order chi connectivity index (χ0) is 33.5. The van der Waals surface area contributed by atoms with Crippen LogP contribution in [0.5, 0.6) is 0 Å². The van der Waals surface area contributed by atoms with E-state index in [4.69, 9.17) is 10.7 Å². The van der Waals surface area contributed by atoms with E-state index in [9.17, 15) is 0 Å². The maximum absolute atomic E-state index is 6.87. The normalized spacial score (nSPS) is 16.1. The highest BCUT2D eigenvalue weighted by molar-refractivity contribution is 6.19. The van der Waals surface area contributed by atoms with Gasteiger partial charge in [0, 0.05) is 27.2 Å². The Bertz CT molecular complexity index is 2510. The van der Waals surface area contributed by atoms with Crippen molar-refractivity contribution in [1.29, 1.82) is 0 Å². The summed E-state index contributed by atoms with van der Waals surface area (Å²) < 4.78 is 2.26. The van der Waals surface area contributed by atoms with Crippen LogP contribution in [-0.4, -0.2) is 10.9 Å². The molecule has 0 aliphatic heterocycles. The smallest absolute Gasteiger partial charge is 0.100 e. The van der Waals surface area contributed by atoms with Crippen molar-refractivity contribution in [3.8, 4) is 22.3 Å². The Kier molecular flexibility index (Phi) is 6.50. The Hall–Kier alpha value is -5.51. The van der Waals surface area contributed by atoms with Crippen LogP contribution in [0.1, 0.15) is 67.1 Å². The van der Waals surface area contributed by atoms with Crippen molar-refractivity contribution in [1.82, 2.24) is 4.57 Å². The summed E-state index contributed by atoms with van der Waals surface area (Å²) in [5.41, 5.74) is 22.6. The molecule has 7 aromatic rings. The van der Waals surface area contributed by atoms with Gasteiger partial charge in [-0.1, -0.05) is 143 Å². The van der Waals surface area contributed by atoms with Gasteiger partial charge in [0.05, 0.1) is 22.8 Å². The number of benzene rings is 6. The van der Waals surface area contributed by atoms with Gasteiger partial charge in [-0.3, -0.25) is 4.57 Å². The number of rotatable bonds is 5. The molecule has 0 spiro atoms. The minimum absolute atomic E-state index is 0.0676. The molecule has 0 fully saturated rings. The minimum atomic E-state index is -0.313. The molecule has 0 bridgehead atoms. The monoisotopic (exact) mass is 633 g/mol. The number of aromatic nitrogens is 1. The van der Waals surface area contributed by atoms with Crippen LogP contribution in [-0.2, 0) is 10.8 Å². The second-order valence-electron chi connectivity index (χ2n) is 14.6. The van der Waals surface area contributed by atoms with E-state index in [0.717, 1.165) is 27.9 Å². The quantitative estimate of drug-likeness (QED) is 0.149. The van der Waals surface area contributed by atoms with Gasteiger partial charge in [-0.2, -0.15) is 0 Å². The number of hydrogen-bond donors (Lipinski definition) is 1. The number of nitrogens with two attached hydrogens (primary N) is 1. The highest BCUT2D eigenvalue weighted by Gasteiger charge is 2.37. The number of aliphatic imine (C=N–C) groups is 1. The van der Waals surface area contributed by atoms with Crippen molar-refractivity contribution >= 4 is 33.8 Å². The lowest BCUT2D eigenvalue weighted by Crippen LogP contribution is -2.15. The minimum Gasteiger partial charge on any atom is -0.321 e. The van der Waals surface area contributed by atoms with Gasteiger partial charge in [0.25, 0.3) is 0 Å². The predicted octanol–water partition coefficient (Wildman–Crippen LogP) is 11.0. The summed E-state index contributed by atoms with van der Waals surface area (Å²) in [6, 6.07) is 47.7. The van der Waals surface area contributed by atoms with Crippen LogP contribution in [0, 0.1) is 0 Å². The standard InChI is InChI=1S/C46H39N3/c1-45(2)36-20-12-9-17-33(36)43-37(45)24-25-42-44(43)34-18-10-13-21-41(34)49(42)28-48-40(27-39(47)29-14-6-5-7-15-29)30-22-23-32-31-16-8-11-19-35(31)46(3,4)38(32)26-30/h5-28,39H,47H2,1-4H3/b40-27-,48-28+. The lowest BCUT2D eigenvalue weighted by molar-refractivity contribution is 0.660. The van der Waals surface area contributed by atoms with Crippen molar-refractivity contribution in [2.45, 2.75) is 44.6 Å². The Morgan fingerprint density at radius 1 is 0.612 bits per heavy atom. The molecule has 2 aliphatic carbocycles. The molecule has 49 heavy (non-hydrogen) atoms. The number of hydrogen-bond acceptors (Lipinski definition) is 2. The fraction of sp³-hybridized carbons (Fsp3) is 0.152. The second kappa shape index (κ2) is 10.7. The number of nitrogens with zero attached hydrogens (tertiary/aromatic N) is 2. The Balaban J connectivity index is 1.24. The Labute approximate surface area is 288 Å². The van der Waals surface area contributed by atoms with Gasteiger partial charge in [0.2, 0.25) is 0 Å². The van der Waals surface area contributed by atoms with Crippen molar-refractivity contribution in [2.24, 2.45) is 10.7 Å². The molecule has 1 unspecified atom stereocenters. The van der Waals surface area contributed by atoms with E-state index >= 15 is 0 Å². The summed E-state index contributed by atoms with van der Waals surface area (Å²) in [7, 11) is 0. The predicted molar refractivity (Wildman–Crippen MR) is 206 cm³/mol. The summed E-state index contributed by atoms with van der Waals surface area (Å²) in [5.74, 6) is 0. The molecule has 1 aromatic heterocycles. The van der Waals surface area contributed by atoms with E-state index in [-0.39, 0.29) is 16.9 Å². The Morgan fingerprint density at radius 2 is 1.24 bits per heavy atom. The van der Waals surface area contributed by atoms with E-state index in [0.29, 0.717) is 0 Å². The first-order chi connectivity index (χ1) is 23.7. The average Bonchev–Trinajstić information content (AvgIpc) is 3.67. The molecular formula is C46H39N3. The third-order valence-electron chi connectivity index (χ3n) is 11.1. The molecule has 3 heteroatoms. The average molecular weight is 634 g/mol. The van der Waals surface area contributed by atoms with Crippen LogP contribution >= 0.6 is 0 Å². The van der Waals surface area contributed by atoms with Gasteiger partial charge in [0.1, 0.15) is 6.34 Å². The van der Waals surface area contributed by atoms with E-state index in [1.165, 1.54) is 55.3 Å². The molecule has 0 radical (unpaired) electrons. The third-order valence-corrected chi connectivity index (χ3v) is 11.1. The fourth-order valence-electron chi connectivity index (χ4n) is 8.55. The molecule has 3 nitrogen and oxygen atoms in total. The third kappa shape index (κ3) is 4.35. The fourth-order valence-corrected chi connectivity index (χ4v) is 8.55. The van der Waals surface area contributed by atoms with E-state index in [1.807, 2.05) is 24.5 Å². The summed E-state index contributed by atoms with van der Waals surface area (Å²) in [5, 5.41) is 2.51. The first kappa shape index (κ1) is 29.6. The molecule has 1 atom stereocenters. The van der Waals surface area contributed by atoms with E-state index in [1.54, 1.807) is 0 Å². The molecule has 2 aliphatic rings. The zero-order valence-corrected chi connectivity index (χ0v) is 28.4. The van der Waals surface area contributed by atoms with Gasteiger partial charge in [-0.15, -0.1) is 0 Å². The molecule has 238 valence electrons. The summed E-state index contributed by atoms with van der Waals surface area (Å²) in [6.45, 7) is 9.32. The highest BCUT2D eigenvalue weighted by atomic mass is 15.0. The van der Waals surface area contributed by atoms with Crippen LogP contribution in [0.15, 0.2) is 145 Å². The molecule has 0 saturated heterocycles. The van der Waals surface area contributed by atoms with Crippen molar-refractivity contribution in [3.05, 3.63) is 173 Å². The SMILES string of the molecule is CC1(C)c2ccccc2-c2ccc(C(=C/C(N)c3ccccc3)/N=C/n3c4ccccc4c4c5c(ccc43)C(C)(C)c3ccccc3-5)cc21. The molecule has 0 saturated carbocycles. The maximum atomic E-state index is 6.87. The first-order valence-corrected chi connectivity index (χ1v) is 17.2. The molecule has 0 amide bonds. The van der Waals surface area contributed by atoms with Crippen LogP contribution < -0.4 is 5.73 Å². The number of para-hydroxylation sites is 1. The van der Waals surface area contributed by atoms with Crippen molar-refractivity contribution in [3.63, 3.8) is 0 Å². The molecule has 2 N–H and O–H groups in total. The van der Waals surface area contributed by atoms with Gasteiger partial charge in [-0.25, -0.2) is 4.99 Å². The topological polar surface area (TPSA) is 43.3 Å². The van der Waals surface area contributed by atoms with Gasteiger partial charge < -0.3 is 5.73 Å². The lowest BCUT2D eigenvalue weighted by atomic mass is 9.82. The lowest BCUT2D eigenvalue weighted by Gasteiger charge is -2.22. The second-order valence-corrected chi connectivity index (χ2v) is 14.6.